The van der Waals surface area contributed by atoms with Gasteiger partial charge in [0.05, 0.1) is 5.56 Å². The van der Waals surface area contributed by atoms with Gasteiger partial charge in [-0.1, -0.05) is 52.3 Å². The number of hydrogen-bond acceptors (Lipinski definition) is 9. The summed E-state index contributed by atoms with van der Waals surface area (Å²) in [4.78, 5) is 54.4. The first-order chi connectivity index (χ1) is 18.7. The van der Waals surface area contributed by atoms with Crippen molar-refractivity contribution in [1.82, 2.24) is 9.55 Å². The normalized spacial score (nSPS) is 21.5. The summed E-state index contributed by atoms with van der Waals surface area (Å²) >= 11 is 3.06. The third-order valence-corrected chi connectivity index (χ3v) is 6.41. The Kier molecular flexibility index (Phi) is 8.92. The fourth-order valence-corrected chi connectivity index (χ4v) is 4.39. The molecule has 3 aromatic rings. The monoisotopic (exact) mass is 600 g/mol. The first-order valence-corrected chi connectivity index (χ1v) is 12.7. The summed E-state index contributed by atoms with van der Waals surface area (Å²) in [5, 5.41) is 22.4. The predicted octanol–water partition coefficient (Wildman–Crippen LogP) is 1.58. The Labute approximate surface area is 230 Å². The van der Waals surface area contributed by atoms with Crippen molar-refractivity contribution in [3.8, 4) is 11.5 Å². The van der Waals surface area contributed by atoms with Crippen LogP contribution in [0.3, 0.4) is 0 Å². The Morgan fingerprint density at radius 1 is 1.08 bits per heavy atom. The molecule has 0 amide bonds. The molecule has 2 aromatic carbocycles. The van der Waals surface area contributed by atoms with Gasteiger partial charge < -0.3 is 24.4 Å². The third kappa shape index (κ3) is 6.42. The number of aliphatic hydroxyl groups excluding tert-OH is 1. The Bertz CT molecular complexity index is 1460. The molecule has 39 heavy (non-hydrogen) atoms. The number of benzene rings is 2. The lowest BCUT2D eigenvalue weighted by molar-refractivity contribution is -0.162. The minimum Gasteiger partial charge on any atom is -0.486 e. The van der Waals surface area contributed by atoms with Crippen molar-refractivity contribution in [2.75, 3.05) is 13.2 Å². The molecule has 0 radical (unpaired) electrons. The number of aliphatic hydroxyl groups is 2. The molecule has 1 unspecified atom stereocenters. The Morgan fingerprint density at radius 2 is 1.67 bits per heavy atom. The number of H-pyrrole nitrogens is 1. The molecule has 1 aliphatic heterocycles. The van der Waals surface area contributed by atoms with Crippen molar-refractivity contribution in [3.63, 3.8) is 0 Å². The molecule has 0 bridgehead atoms. The molecule has 204 valence electrons. The number of nitrogens with one attached hydrogen (secondary N) is 1. The zero-order chi connectivity index (χ0) is 28.0. The van der Waals surface area contributed by atoms with Crippen molar-refractivity contribution in [2.45, 2.75) is 30.5 Å². The summed E-state index contributed by atoms with van der Waals surface area (Å²) < 4.78 is 17.6. The standard InChI is InChI=1S/C27H25BrN2O9/c28-12-11-17-14-30(26(35)29-25(17)34)22-13-27(36,21(32)16-38-19-9-5-2-6-10-19)24(39-22)23(33)20(31)15-37-18-7-3-1-4-8-18/h1-12,14,22-24,33,36H,13,15-16H2,(H,29,34,35)/b12-11+/t22-,23?,24-,27-/m1/s1. The molecule has 1 aromatic heterocycles. The van der Waals surface area contributed by atoms with Crippen molar-refractivity contribution >= 4 is 33.6 Å². The van der Waals surface area contributed by atoms with E-state index in [2.05, 4.69) is 20.9 Å². The van der Waals surface area contributed by atoms with Crippen molar-refractivity contribution < 1.29 is 34.0 Å². The first-order valence-electron chi connectivity index (χ1n) is 11.8. The second kappa shape index (κ2) is 12.3. The van der Waals surface area contributed by atoms with Gasteiger partial charge in [-0.2, -0.15) is 0 Å². The largest absolute Gasteiger partial charge is 0.486 e. The van der Waals surface area contributed by atoms with E-state index in [1.54, 1.807) is 60.7 Å². The minimum atomic E-state index is -2.43. The molecule has 3 N–H and O–H groups in total. The zero-order valence-corrected chi connectivity index (χ0v) is 22.0. The fourth-order valence-electron chi connectivity index (χ4n) is 4.10. The van der Waals surface area contributed by atoms with Crippen molar-refractivity contribution in [2.24, 2.45) is 0 Å². The van der Waals surface area contributed by atoms with Gasteiger partial charge in [-0.3, -0.25) is 23.9 Å². The van der Waals surface area contributed by atoms with Crippen LogP contribution in [0.5, 0.6) is 11.5 Å². The van der Waals surface area contributed by atoms with Crippen LogP contribution in [0.2, 0.25) is 0 Å². The summed E-state index contributed by atoms with van der Waals surface area (Å²) in [6.45, 7) is -1.17. The number of carbonyl (C=O) groups is 2. The van der Waals surface area contributed by atoms with Gasteiger partial charge in [-0.05, 0) is 35.3 Å². The summed E-state index contributed by atoms with van der Waals surface area (Å²) in [5.41, 5.74) is -3.89. The van der Waals surface area contributed by atoms with Gasteiger partial charge in [0.2, 0.25) is 11.6 Å². The molecule has 12 heteroatoms. The average Bonchev–Trinajstić information content (AvgIpc) is 3.30. The number of hydrogen-bond donors (Lipinski definition) is 3. The molecule has 11 nitrogen and oxygen atoms in total. The first kappa shape index (κ1) is 28.2. The zero-order valence-electron chi connectivity index (χ0n) is 20.4. The predicted molar refractivity (Wildman–Crippen MR) is 143 cm³/mol. The quantitative estimate of drug-likeness (QED) is 0.297. The maximum Gasteiger partial charge on any atom is 0.330 e. The van der Waals surface area contributed by atoms with Crippen LogP contribution in [0.4, 0.5) is 0 Å². The van der Waals surface area contributed by atoms with Gasteiger partial charge in [0.1, 0.15) is 43.1 Å². The van der Waals surface area contributed by atoms with E-state index in [0.29, 0.717) is 11.5 Å². The minimum absolute atomic E-state index is 0.0775. The average molecular weight is 601 g/mol. The second-order valence-electron chi connectivity index (χ2n) is 8.72. The number of aromatic amines is 1. The number of ether oxygens (including phenoxy) is 3. The number of ketones is 2. The van der Waals surface area contributed by atoms with Gasteiger partial charge in [-0.25, -0.2) is 4.79 Å². The highest BCUT2D eigenvalue weighted by Gasteiger charge is 2.57. The van der Waals surface area contributed by atoms with Gasteiger partial charge in [-0.15, -0.1) is 0 Å². The van der Waals surface area contributed by atoms with Crippen molar-refractivity contribution in [3.05, 3.63) is 98.2 Å². The van der Waals surface area contributed by atoms with Gasteiger partial charge >= 0.3 is 5.69 Å². The second-order valence-corrected chi connectivity index (χ2v) is 9.25. The highest BCUT2D eigenvalue weighted by atomic mass is 79.9. The van der Waals surface area contributed by atoms with Gasteiger partial charge in [0.25, 0.3) is 5.56 Å². The molecular formula is C27H25BrN2O9. The highest BCUT2D eigenvalue weighted by molar-refractivity contribution is 9.11. The lowest BCUT2D eigenvalue weighted by Gasteiger charge is -2.29. The number of aromatic nitrogens is 2. The molecule has 4 rings (SSSR count). The van der Waals surface area contributed by atoms with E-state index < -0.39 is 66.5 Å². The number of Topliss-reactive ketones (excluding diaryl/α,β-unsaturated/α-hetero) is 2. The van der Waals surface area contributed by atoms with Crippen LogP contribution in [0.25, 0.3) is 6.08 Å². The number of nitrogens with zero attached hydrogens (tertiary/aromatic N) is 1. The Hall–Kier alpha value is -3.84. The van der Waals surface area contributed by atoms with Gasteiger partial charge in [0.15, 0.2) is 5.60 Å². The van der Waals surface area contributed by atoms with Crippen molar-refractivity contribution in [1.29, 1.82) is 0 Å². The Morgan fingerprint density at radius 3 is 2.26 bits per heavy atom. The molecular weight excluding hydrogens is 576 g/mol. The summed E-state index contributed by atoms with van der Waals surface area (Å²) in [5.74, 6) is -1.01. The molecule has 0 aliphatic carbocycles. The maximum atomic E-state index is 13.3. The van der Waals surface area contributed by atoms with E-state index in [-0.39, 0.29) is 5.56 Å². The number of rotatable bonds is 11. The maximum absolute atomic E-state index is 13.3. The van der Waals surface area contributed by atoms with Gasteiger partial charge in [0, 0.05) is 12.6 Å². The number of halogens is 1. The molecule has 2 heterocycles. The topological polar surface area (TPSA) is 157 Å². The molecule has 4 atom stereocenters. The summed E-state index contributed by atoms with van der Waals surface area (Å²) in [6.07, 6.45) is -3.03. The van der Waals surface area contributed by atoms with Crippen LogP contribution in [0, 0.1) is 0 Å². The number of para-hydroxylation sites is 2. The third-order valence-electron chi connectivity index (χ3n) is 6.15. The SMILES string of the molecule is O=C(COc1ccccc1)C(O)[C@H]1O[C@@H](n2cc(/C=C/Br)c(=O)[nH]c2=O)C[C@@]1(O)C(=O)COc1ccccc1. The van der Waals surface area contributed by atoms with Crippen LogP contribution >= 0.6 is 15.9 Å². The fraction of sp³-hybridized carbons (Fsp3) is 0.259. The van der Waals surface area contributed by atoms with E-state index in [1.165, 1.54) is 17.3 Å². The molecule has 1 saturated heterocycles. The van der Waals surface area contributed by atoms with E-state index in [0.717, 1.165) is 4.57 Å². The summed E-state index contributed by atoms with van der Waals surface area (Å²) in [6, 6.07) is 16.8. The highest BCUT2D eigenvalue weighted by Crippen LogP contribution is 2.39. The molecule has 1 aliphatic rings. The lowest BCUT2D eigenvalue weighted by Crippen LogP contribution is -2.55. The summed E-state index contributed by atoms with van der Waals surface area (Å²) in [7, 11) is 0. The van der Waals surface area contributed by atoms with E-state index >= 15 is 0 Å². The Balaban J connectivity index is 1.61. The van der Waals surface area contributed by atoms with E-state index in [9.17, 15) is 29.4 Å². The smallest absolute Gasteiger partial charge is 0.330 e. The number of carbonyl (C=O) groups excluding carboxylic acids is 2. The van der Waals surface area contributed by atoms with Crippen LogP contribution < -0.4 is 20.7 Å². The van der Waals surface area contributed by atoms with Crippen LogP contribution in [-0.4, -0.2) is 62.4 Å². The molecule has 0 spiro atoms. The van der Waals surface area contributed by atoms with Crippen LogP contribution in [-0.2, 0) is 14.3 Å². The lowest BCUT2D eigenvalue weighted by atomic mass is 9.86. The molecule has 0 saturated carbocycles. The molecule has 1 fully saturated rings. The van der Waals surface area contributed by atoms with E-state index in [4.69, 9.17) is 14.2 Å². The van der Waals surface area contributed by atoms with Crippen LogP contribution in [0.15, 0.2) is 81.4 Å². The van der Waals surface area contributed by atoms with Crippen LogP contribution in [0.1, 0.15) is 18.2 Å². The van der Waals surface area contributed by atoms with E-state index in [1.807, 2.05) is 0 Å².